The smallest absolute Gasteiger partial charge is 0.270 e. The SMILES string of the molecule is CC(CO)N(C)C(=O)c1cccn1C1CCC1. The molecular weight excluding hydrogens is 216 g/mol. The molecule has 0 aromatic carbocycles. The van der Waals surface area contributed by atoms with E-state index in [2.05, 4.69) is 4.57 Å². The van der Waals surface area contributed by atoms with Gasteiger partial charge in [-0.25, -0.2) is 0 Å². The predicted octanol–water partition coefficient (Wildman–Crippen LogP) is 1.67. The highest BCUT2D eigenvalue weighted by atomic mass is 16.3. The number of aromatic nitrogens is 1. The summed E-state index contributed by atoms with van der Waals surface area (Å²) in [6, 6.07) is 4.12. The van der Waals surface area contributed by atoms with Crippen LogP contribution in [0.25, 0.3) is 0 Å². The van der Waals surface area contributed by atoms with E-state index in [0.29, 0.717) is 6.04 Å². The van der Waals surface area contributed by atoms with E-state index in [9.17, 15) is 4.79 Å². The highest BCUT2D eigenvalue weighted by molar-refractivity contribution is 5.92. The van der Waals surface area contributed by atoms with E-state index < -0.39 is 0 Å². The Hall–Kier alpha value is -1.29. The first-order chi connectivity index (χ1) is 8.15. The number of rotatable bonds is 4. The number of likely N-dealkylation sites (N-methyl/N-ethyl adjacent to an activating group) is 1. The molecule has 1 unspecified atom stereocenters. The third-order valence-electron chi connectivity index (χ3n) is 3.71. The molecule has 1 atom stereocenters. The lowest BCUT2D eigenvalue weighted by Gasteiger charge is -2.30. The zero-order valence-electron chi connectivity index (χ0n) is 10.5. The van der Waals surface area contributed by atoms with E-state index in [1.54, 1.807) is 11.9 Å². The third-order valence-corrected chi connectivity index (χ3v) is 3.71. The number of hydrogen-bond acceptors (Lipinski definition) is 2. The zero-order chi connectivity index (χ0) is 12.4. The van der Waals surface area contributed by atoms with Crippen LogP contribution in [0.2, 0.25) is 0 Å². The quantitative estimate of drug-likeness (QED) is 0.864. The predicted molar refractivity (Wildman–Crippen MR) is 66.0 cm³/mol. The Kier molecular flexibility index (Phi) is 3.52. The number of hydrogen-bond donors (Lipinski definition) is 1. The van der Waals surface area contributed by atoms with Crippen molar-refractivity contribution in [3.05, 3.63) is 24.0 Å². The van der Waals surface area contributed by atoms with Gasteiger partial charge in [0.05, 0.1) is 12.6 Å². The van der Waals surface area contributed by atoms with Gasteiger partial charge in [-0.05, 0) is 38.3 Å². The van der Waals surface area contributed by atoms with E-state index in [-0.39, 0.29) is 18.6 Å². The van der Waals surface area contributed by atoms with Crippen LogP contribution in [0.3, 0.4) is 0 Å². The van der Waals surface area contributed by atoms with Crippen LogP contribution >= 0.6 is 0 Å². The van der Waals surface area contributed by atoms with Crippen molar-refractivity contribution in [2.45, 2.75) is 38.3 Å². The molecule has 1 amide bonds. The Morgan fingerprint density at radius 2 is 2.35 bits per heavy atom. The Morgan fingerprint density at radius 3 is 2.88 bits per heavy atom. The van der Waals surface area contributed by atoms with Crippen molar-refractivity contribution in [3.63, 3.8) is 0 Å². The molecule has 1 fully saturated rings. The summed E-state index contributed by atoms with van der Waals surface area (Å²) in [4.78, 5) is 13.9. The number of nitrogens with zero attached hydrogens (tertiary/aromatic N) is 2. The van der Waals surface area contributed by atoms with Crippen LogP contribution in [0.1, 0.15) is 42.7 Å². The molecule has 1 aliphatic rings. The summed E-state index contributed by atoms with van der Waals surface area (Å²) in [5.41, 5.74) is 0.734. The van der Waals surface area contributed by atoms with E-state index in [0.717, 1.165) is 18.5 Å². The fourth-order valence-corrected chi connectivity index (χ4v) is 2.06. The normalized spacial score (nSPS) is 17.6. The summed E-state index contributed by atoms with van der Waals surface area (Å²) < 4.78 is 2.08. The van der Waals surface area contributed by atoms with Crippen molar-refractivity contribution in [1.29, 1.82) is 0 Å². The average molecular weight is 236 g/mol. The second kappa shape index (κ2) is 4.92. The highest BCUT2D eigenvalue weighted by Gasteiger charge is 2.25. The fourth-order valence-electron chi connectivity index (χ4n) is 2.06. The summed E-state index contributed by atoms with van der Waals surface area (Å²) in [5.74, 6) is -0.0107. The maximum atomic E-state index is 12.3. The number of carbonyl (C=O) groups is 1. The lowest BCUT2D eigenvalue weighted by atomic mass is 9.93. The molecule has 4 nitrogen and oxygen atoms in total. The summed E-state index contributed by atoms with van der Waals surface area (Å²) in [6.07, 6.45) is 5.55. The lowest BCUT2D eigenvalue weighted by Crippen LogP contribution is -2.38. The molecule has 1 aliphatic carbocycles. The molecule has 0 saturated heterocycles. The van der Waals surface area contributed by atoms with Crippen LogP contribution < -0.4 is 0 Å². The van der Waals surface area contributed by atoms with Crippen molar-refractivity contribution < 1.29 is 9.90 Å². The van der Waals surface area contributed by atoms with Gasteiger partial charge in [-0.3, -0.25) is 4.79 Å². The second-order valence-corrected chi connectivity index (χ2v) is 4.83. The lowest BCUT2D eigenvalue weighted by molar-refractivity contribution is 0.0665. The van der Waals surface area contributed by atoms with Crippen molar-refractivity contribution in [3.8, 4) is 0 Å². The Labute approximate surface area is 102 Å². The van der Waals surface area contributed by atoms with E-state index >= 15 is 0 Å². The minimum Gasteiger partial charge on any atom is -0.394 e. The summed E-state index contributed by atoms with van der Waals surface area (Å²) in [7, 11) is 1.74. The van der Waals surface area contributed by atoms with E-state index in [1.807, 2.05) is 25.3 Å². The molecule has 17 heavy (non-hydrogen) atoms. The Bertz CT molecular complexity index is 396. The average Bonchev–Trinajstić information content (AvgIpc) is 2.72. The molecular formula is C13H20N2O2. The maximum Gasteiger partial charge on any atom is 0.270 e. The number of amides is 1. The molecule has 1 N–H and O–H groups in total. The summed E-state index contributed by atoms with van der Waals surface area (Å²) >= 11 is 0. The molecule has 1 aromatic heterocycles. The van der Waals surface area contributed by atoms with Crippen LogP contribution in [0.15, 0.2) is 18.3 Å². The molecule has 1 heterocycles. The Balaban J connectivity index is 2.16. The number of aliphatic hydroxyl groups is 1. The molecule has 0 radical (unpaired) electrons. The monoisotopic (exact) mass is 236 g/mol. The van der Waals surface area contributed by atoms with E-state index in [1.165, 1.54) is 6.42 Å². The molecule has 4 heteroatoms. The van der Waals surface area contributed by atoms with Gasteiger partial charge in [0, 0.05) is 19.3 Å². The van der Waals surface area contributed by atoms with Gasteiger partial charge in [-0.15, -0.1) is 0 Å². The van der Waals surface area contributed by atoms with E-state index in [4.69, 9.17) is 5.11 Å². The van der Waals surface area contributed by atoms with Crippen LogP contribution in [-0.2, 0) is 0 Å². The van der Waals surface area contributed by atoms with Crippen molar-refractivity contribution in [2.75, 3.05) is 13.7 Å². The first kappa shape index (κ1) is 12.2. The van der Waals surface area contributed by atoms with Gasteiger partial charge in [0.15, 0.2) is 0 Å². The third kappa shape index (κ3) is 2.22. The van der Waals surface area contributed by atoms with Crippen molar-refractivity contribution in [2.24, 2.45) is 0 Å². The largest absolute Gasteiger partial charge is 0.394 e. The van der Waals surface area contributed by atoms with Gasteiger partial charge in [-0.1, -0.05) is 0 Å². The molecule has 0 aliphatic heterocycles. The first-order valence-corrected chi connectivity index (χ1v) is 6.20. The summed E-state index contributed by atoms with van der Waals surface area (Å²) in [5, 5.41) is 9.09. The molecule has 0 bridgehead atoms. The van der Waals surface area contributed by atoms with Crippen LogP contribution in [-0.4, -0.2) is 40.2 Å². The molecule has 2 rings (SSSR count). The summed E-state index contributed by atoms with van der Waals surface area (Å²) in [6.45, 7) is 1.83. The van der Waals surface area contributed by atoms with Crippen LogP contribution in [0.5, 0.6) is 0 Å². The molecule has 1 saturated carbocycles. The minimum atomic E-state index is -0.146. The van der Waals surface area contributed by atoms with Gasteiger partial charge < -0.3 is 14.6 Å². The maximum absolute atomic E-state index is 12.3. The minimum absolute atomic E-state index is 0.00756. The molecule has 1 aromatic rings. The van der Waals surface area contributed by atoms with Gasteiger partial charge in [-0.2, -0.15) is 0 Å². The van der Waals surface area contributed by atoms with Crippen LogP contribution in [0, 0.1) is 0 Å². The Morgan fingerprint density at radius 1 is 1.65 bits per heavy atom. The van der Waals surface area contributed by atoms with Gasteiger partial charge >= 0.3 is 0 Å². The molecule has 0 spiro atoms. The van der Waals surface area contributed by atoms with Gasteiger partial charge in [0.25, 0.3) is 5.91 Å². The topological polar surface area (TPSA) is 45.5 Å². The second-order valence-electron chi connectivity index (χ2n) is 4.83. The molecule has 94 valence electrons. The number of carbonyl (C=O) groups excluding carboxylic acids is 1. The van der Waals surface area contributed by atoms with Gasteiger partial charge in [0.2, 0.25) is 0 Å². The highest BCUT2D eigenvalue weighted by Crippen LogP contribution is 2.32. The zero-order valence-corrected chi connectivity index (χ0v) is 10.5. The van der Waals surface area contributed by atoms with Crippen molar-refractivity contribution in [1.82, 2.24) is 9.47 Å². The fraction of sp³-hybridized carbons (Fsp3) is 0.615. The van der Waals surface area contributed by atoms with Crippen LogP contribution in [0.4, 0.5) is 0 Å². The van der Waals surface area contributed by atoms with Crippen molar-refractivity contribution >= 4 is 5.91 Å². The number of aliphatic hydroxyl groups excluding tert-OH is 1. The first-order valence-electron chi connectivity index (χ1n) is 6.20. The standard InChI is InChI=1S/C13H20N2O2/c1-10(9-16)14(2)13(17)12-7-4-8-15(12)11-5-3-6-11/h4,7-8,10-11,16H,3,5-6,9H2,1-2H3. The van der Waals surface area contributed by atoms with Gasteiger partial charge in [0.1, 0.15) is 5.69 Å².